The molecule has 0 aliphatic carbocycles. The van der Waals surface area contributed by atoms with Gasteiger partial charge in [0, 0.05) is 19.2 Å². The number of halogens is 2. The van der Waals surface area contributed by atoms with Crippen LogP contribution >= 0.6 is 0 Å². The number of carbonyl (C=O) groups excluding carboxylic acids is 1. The van der Waals surface area contributed by atoms with Crippen molar-refractivity contribution in [2.24, 2.45) is 0 Å². The summed E-state index contributed by atoms with van der Waals surface area (Å²) in [6.07, 6.45) is -0.136. The zero-order valence-corrected chi connectivity index (χ0v) is 11.7. The molecule has 0 unspecified atom stereocenters. The Hall–Kier alpha value is -1.69. The number of benzene rings is 1. The zero-order valence-electron chi connectivity index (χ0n) is 11.7. The Kier molecular flexibility index (Phi) is 4.23. The first-order valence-electron chi connectivity index (χ1n) is 6.40. The van der Waals surface area contributed by atoms with Crippen molar-refractivity contribution in [1.29, 1.82) is 0 Å². The van der Waals surface area contributed by atoms with Crippen molar-refractivity contribution in [2.75, 3.05) is 25.1 Å². The van der Waals surface area contributed by atoms with E-state index in [9.17, 15) is 13.6 Å². The van der Waals surface area contributed by atoms with Gasteiger partial charge in [0.15, 0.2) is 0 Å². The van der Waals surface area contributed by atoms with Crippen LogP contribution in [0.3, 0.4) is 0 Å². The van der Waals surface area contributed by atoms with Crippen LogP contribution in [0.1, 0.15) is 24.2 Å². The van der Waals surface area contributed by atoms with Crippen molar-refractivity contribution in [1.82, 2.24) is 0 Å². The average Bonchev–Trinajstić information content (AvgIpc) is 2.39. The van der Waals surface area contributed by atoms with Crippen molar-refractivity contribution in [3.8, 4) is 0 Å². The van der Waals surface area contributed by atoms with Gasteiger partial charge in [0.2, 0.25) is 0 Å². The third kappa shape index (κ3) is 2.90. The molecule has 1 aliphatic rings. The quantitative estimate of drug-likeness (QED) is 0.782. The van der Waals surface area contributed by atoms with E-state index in [1.165, 1.54) is 0 Å². The number of esters is 1. The summed E-state index contributed by atoms with van der Waals surface area (Å²) in [6, 6.07) is 1.91. The topological polar surface area (TPSA) is 38.8 Å². The van der Waals surface area contributed by atoms with Crippen LogP contribution in [-0.2, 0) is 9.47 Å². The van der Waals surface area contributed by atoms with Crippen LogP contribution in [0.25, 0.3) is 0 Å². The molecule has 0 aromatic heterocycles. The first kappa shape index (κ1) is 14.7. The minimum absolute atomic E-state index is 0.0681. The highest BCUT2D eigenvalue weighted by Crippen LogP contribution is 2.26. The summed E-state index contributed by atoms with van der Waals surface area (Å²) in [5.74, 6) is -2.33. The normalized spacial score (nSPS) is 22.8. The molecule has 110 valence electrons. The van der Waals surface area contributed by atoms with Gasteiger partial charge in [-0.05, 0) is 19.9 Å². The maximum absolute atomic E-state index is 14.1. The number of hydrogen-bond donors (Lipinski definition) is 0. The zero-order chi connectivity index (χ0) is 14.9. The molecule has 0 N–H and O–H groups in total. The van der Waals surface area contributed by atoms with Gasteiger partial charge in [0.25, 0.3) is 0 Å². The van der Waals surface area contributed by atoms with Gasteiger partial charge in [-0.1, -0.05) is 0 Å². The van der Waals surface area contributed by atoms with Crippen molar-refractivity contribution in [3.63, 3.8) is 0 Å². The molecule has 0 amide bonds. The Morgan fingerprint density at radius 3 is 2.40 bits per heavy atom. The van der Waals surface area contributed by atoms with Crippen LogP contribution in [0.2, 0.25) is 0 Å². The summed E-state index contributed by atoms with van der Waals surface area (Å²) in [5.41, 5.74) is -0.264. The molecule has 0 spiro atoms. The maximum atomic E-state index is 14.1. The Labute approximate surface area is 116 Å². The number of ether oxygens (including phenoxy) is 2. The summed E-state index contributed by atoms with van der Waals surface area (Å²) in [6.45, 7) is 4.69. The van der Waals surface area contributed by atoms with E-state index < -0.39 is 23.2 Å². The lowest BCUT2D eigenvalue weighted by Gasteiger charge is -2.37. The van der Waals surface area contributed by atoms with E-state index >= 15 is 0 Å². The molecule has 4 nitrogen and oxygen atoms in total. The second-order valence-corrected chi connectivity index (χ2v) is 4.94. The van der Waals surface area contributed by atoms with Crippen LogP contribution in [0.15, 0.2) is 12.1 Å². The van der Waals surface area contributed by atoms with Gasteiger partial charge in [-0.25, -0.2) is 13.6 Å². The van der Waals surface area contributed by atoms with Gasteiger partial charge in [-0.15, -0.1) is 0 Å². The van der Waals surface area contributed by atoms with Crippen LogP contribution in [-0.4, -0.2) is 38.4 Å². The highest BCUT2D eigenvalue weighted by atomic mass is 19.1. The van der Waals surface area contributed by atoms with E-state index in [0.717, 1.165) is 19.2 Å². The fourth-order valence-corrected chi connectivity index (χ4v) is 2.42. The summed E-state index contributed by atoms with van der Waals surface area (Å²) in [5, 5.41) is 0. The van der Waals surface area contributed by atoms with Crippen molar-refractivity contribution in [3.05, 3.63) is 29.3 Å². The molecule has 0 saturated carbocycles. The van der Waals surface area contributed by atoms with Gasteiger partial charge in [-0.3, -0.25) is 0 Å². The minimum atomic E-state index is -0.892. The highest BCUT2D eigenvalue weighted by Gasteiger charge is 2.26. The molecule has 6 heteroatoms. The first-order valence-corrected chi connectivity index (χ1v) is 6.40. The summed E-state index contributed by atoms with van der Waals surface area (Å²) in [4.78, 5) is 13.0. The molecule has 2 rings (SSSR count). The largest absolute Gasteiger partial charge is 0.465 e. The van der Waals surface area contributed by atoms with Crippen molar-refractivity contribution >= 4 is 11.7 Å². The molecule has 2 atom stereocenters. The summed E-state index contributed by atoms with van der Waals surface area (Å²) >= 11 is 0. The molecule has 1 fully saturated rings. The fraction of sp³-hybridized carbons (Fsp3) is 0.500. The standard InChI is InChI=1S/C14H17F2NO3/c1-8-6-17(7-9(2)20-8)13-5-11(15)10(4-12(13)16)14(18)19-3/h4-5,8-9H,6-7H2,1-3H3/t8-,9+. The lowest BCUT2D eigenvalue weighted by atomic mass is 10.1. The third-order valence-corrected chi connectivity index (χ3v) is 3.20. The monoisotopic (exact) mass is 285 g/mol. The molecule has 1 saturated heterocycles. The Balaban J connectivity index is 2.33. The molecule has 1 aromatic rings. The van der Waals surface area contributed by atoms with E-state index in [0.29, 0.717) is 13.1 Å². The SMILES string of the molecule is COC(=O)c1cc(F)c(N2C[C@@H](C)O[C@@H](C)C2)cc1F. The van der Waals surface area contributed by atoms with E-state index in [4.69, 9.17) is 4.74 Å². The van der Waals surface area contributed by atoms with Crippen LogP contribution in [0.4, 0.5) is 14.5 Å². The van der Waals surface area contributed by atoms with E-state index in [-0.39, 0.29) is 17.9 Å². The van der Waals surface area contributed by atoms with Gasteiger partial charge >= 0.3 is 5.97 Å². The number of nitrogens with zero attached hydrogens (tertiary/aromatic N) is 1. The number of methoxy groups -OCH3 is 1. The van der Waals surface area contributed by atoms with Crippen LogP contribution in [0.5, 0.6) is 0 Å². The average molecular weight is 285 g/mol. The summed E-state index contributed by atoms with van der Waals surface area (Å²) in [7, 11) is 1.12. The smallest absolute Gasteiger partial charge is 0.340 e. The Bertz CT molecular complexity index is 511. The first-order chi connectivity index (χ1) is 9.42. The number of anilines is 1. The predicted octanol–water partition coefficient (Wildman–Crippen LogP) is 2.37. The van der Waals surface area contributed by atoms with Gasteiger partial charge in [0.05, 0.1) is 30.6 Å². The fourth-order valence-electron chi connectivity index (χ4n) is 2.42. The molecule has 1 heterocycles. The minimum Gasteiger partial charge on any atom is -0.465 e. The number of rotatable bonds is 2. The highest BCUT2D eigenvalue weighted by molar-refractivity contribution is 5.90. The van der Waals surface area contributed by atoms with Gasteiger partial charge < -0.3 is 14.4 Å². The Morgan fingerprint density at radius 1 is 1.25 bits per heavy atom. The third-order valence-electron chi connectivity index (χ3n) is 3.20. The lowest BCUT2D eigenvalue weighted by molar-refractivity contribution is -0.00542. The number of hydrogen-bond acceptors (Lipinski definition) is 4. The second kappa shape index (κ2) is 5.75. The number of carbonyl (C=O) groups is 1. The molecular weight excluding hydrogens is 268 g/mol. The van der Waals surface area contributed by atoms with E-state index in [1.54, 1.807) is 4.90 Å². The molecular formula is C14H17F2NO3. The molecule has 0 bridgehead atoms. The van der Waals surface area contributed by atoms with Crippen LogP contribution < -0.4 is 4.90 Å². The van der Waals surface area contributed by atoms with Gasteiger partial charge in [0.1, 0.15) is 11.6 Å². The molecule has 1 aliphatic heterocycles. The lowest BCUT2D eigenvalue weighted by Crippen LogP contribution is -2.45. The van der Waals surface area contributed by atoms with Crippen molar-refractivity contribution < 1.29 is 23.0 Å². The van der Waals surface area contributed by atoms with E-state index in [2.05, 4.69) is 4.74 Å². The predicted molar refractivity (Wildman–Crippen MR) is 69.9 cm³/mol. The molecule has 20 heavy (non-hydrogen) atoms. The molecule has 1 aromatic carbocycles. The number of morpholine rings is 1. The van der Waals surface area contributed by atoms with Gasteiger partial charge in [-0.2, -0.15) is 0 Å². The van der Waals surface area contributed by atoms with Crippen LogP contribution in [0, 0.1) is 11.6 Å². The summed E-state index contributed by atoms with van der Waals surface area (Å²) < 4.78 is 38.0. The molecule has 0 radical (unpaired) electrons. The Morgan fingerprint density at radius 2 is 1.85 bits per heavy atom. The van der Waals surface area contributed by atoms with E-state index in [1.807, 2.05) is 13.8 Å². The van der Waals surface area contributed by atoms with Crippen molar-refractivity contribution in [2.45, 2.75) is 26.1 Å². The maximum Gasteiger partial charge on any atom is 0.340 e. The second-order valence-electron chi connectivity index (χ2n) is 4.94.